The largest absolute Gasteiger partial charge is 0.336 e. The van der Waals surface area contributed by atoms with E-state index < -0.39 is 0 Å². The average Bonchev–Trinajstić information content (AvgIpc) is 3.07. The number of aryl methyl sites for hydroxylation is 1. The van der Waals surface area contributed by atoms with Crippen LogP contribution in [0.4, 0.5) is 21.0 Å². The lowest BCUT2D eigenvalue weighted by molar-refractivity contribution is 0.251. The summed E-state index contributed by atoms with van der Waals surface area (Å²) < 4.78 is 0. The summed E-state index contributed by atoms with van der Waals surface area (Å²) in [5.74, 6) is 5.91. The predicted octanol–water partition coefficient (Wildman–Crippen LogP) is 2.70. The Kier molecular flexibility index (Phi) is 5.40. The summed E-state index contributed by atoms with van der Waals surface area (Å²) in [5, 5.41) is 8.27. The van der Waals surface area contributed by atoms with Gasteiger partial charge < -0.3 is 16.0 Å². The van der Waals surface area contributed by atoms with Crippen molar-refractivity contribution in [1.29, 1.82) is 0 Å². The molecule has 4 amide bonds. The van der Waals surface area contributed by atoms with E-state index in [2.05, 4.69) is 27.8 Å². The van der Waals surface area contributed by atoms with E-state index in [0.29, 0.717) is 13.1 Å². The summed E-state index contributed by atoms with van der Waals surface area (Å²) in [7, 11) is 0. The number of carbonyl (C=O) groups is 2. The molecule has 0 saturated carbocycles. The van der Waals surface area contributed by atoms with Gasteiger partial charge in [0.05, 0.1) is 6.54 Å². The molecule has 1 aliphatic rings. The number of amides is 4. The molecule has 1 fully saturated rings. The zero-order valence-corrected chi connectivity index (χ0v) is 14.5. The summed E-state index contributed by atoms with van der Waals surface area (Å²) >= 11 is 0. The first kappa shape index (κ1) is 17.4. The van der Waals surface area contributed by atoms with Crippen LogP contribution in [-0.2, 0) is 0 Å². The molecule has 3 N–H and O–H groups in total. The lowest BCUT2D eigenvalue weighted by Gasteiger charge is -2.13. The molecular formula is C20H20N4O2. The Morgan fingerprint density at radius 1 is 1.19 bits per heavy atom. The fraction of sp³-hybridized carbons (Fsp3) is 0.200. The molecule has 3 rings (SSSR count). The van der Waals surface area contributed by atoms with Gasteiger partial charge in [-0.2, -0.15) is 0 Å². The normalized spacial score (nSPS) is 12.8. The van der Waals surface area contributed by atoms with E-state index in [4.69, 9.17) is 0 Å². The van der Waals surface area contributed by atoms with Gasteiger partial charge >= 0.3 is 12.1 Å². The number of nitrogens with zero attached hydrogens (tertiary/aromatic N) is 1. The van der Waals surface area contributed by atoms with Gasteiger partial charge in [0.1, 0.15) is 0 Å². The van der Waals surface area contributed by atoms with Crippen molar-refractivity contribution in [2.45, 2.75) is 6.92 Å². The van der Waals surface area contributed by atoms with Crippen molar-refractivity contribution in [3.05, 3.63) is 59.7 Å². The van der Waals surface area contributed by atoms with Gasteiger partial charge in [-0.25, -0.2) is 9.59 Å². The Bertz CT molecular complexity index is 865. The molecule has 26 heavy (non-hydrogen) atoms. The van der Waals surface area contributed by atoms with Gasteiger partial charge in [0.2, 0.25) is 0 Å². The summed E-state index contributed by atoms with van der Waals surface area (Å²) in [5.41, 5.74) is 3.45. The van der Waals surface area contributed by atoms with Gasteiger partial charge in [-0.05, 0) is 42.8 Å². The molecule has 0 atom stereocenters. The second kappa shape index (κ2) is 8.08. The van der Waals surface area contributed by atoms with Gasteiger partial charge in [0.15, 0.2) is 0 Å². The highest BCUT2D eigenvalue weighted by atomic mass is 16.2. The molecule has 2 aromatic carbocycles. The Labute approximate surface area is 152 Å². The lowest BCUT2D eigenvalue weighted by Crippen LogP contribution is -2.29. The number of benzene rings is 2. The van der Waals surface area contributed by atoms with Gasteiger partial charge in [-0.1, -0.05) is 30.0 Å². The van der Waals surface area contributed by atoms with Crippen molar-refractivity contribution in [1.82, 2.24) is 10.6 Å². The molecule has 0 spiro atoms. The number of rotatable bonds is 3. The highest BCUT2D eigenvalue weighted by Gasteiger charge is 2.20. The van der Waals surface area contributed by atoms with Crippen LogP contribution in [0.5, 0.6) is 0 Å². The van der Waals surface area contributed by atoms with Crippen molar-refractivity contribution in [2.24, 2.45) is 0 Å². The van der Waals surface area contributed by atoms with E-state index in [0.717, 1.165) is 22.5 Å². The third-order valence-electron chi connectivity index (χ3n) is 4.00. The molecule has 2 aromatic rings. The SMILES string of the molecule is Cc1ccccc1NC(=O)NCC#Cc1ccc(N2CCNC2=O)cc1. The maximum absolute atomic E-state index is 11.9. The Hall–Kier alpha value is -3.46. The molecule has 0 unspecified atom stereocenters. The number of anilines is 2. The van der Waals surface area contributed by atoms with Crippen molar-refractivity contribution < 1.29 is 9.59 Å². The fourth-order valence-electron chi connectivity index (χ4n) is 2.59. The first-order valence-electron chi connectivity index (χ1n) is 8.38. The molecule has 0 aliphatic carbocycles. The minimum atomic E-state index is -0.288. The summed E-state index contributed by atoms with van der Waals surface area (Å²) in [6.45, 7) is 3.51. The second-order valence-electron chi connectivity index (χ2n) is 5.85. The minimum absolute atomic E-state index is 0.0762. The maximum atomic E-state index is 11.9. The molecule has 1 heterocycles. The van der Waals surface area contributed by atoms with E-state index in [-0.39, 0.29) is 18.6 Å². The van der Waals surface area contributed by atoms with Gasteiger partial charge in [-0.15, -0.1) is 0 Å². The molecule has 0 bridgehead atoms. The highest BCUT2D eigenvalue weighted by Crippen LogP contribution is 2.16. The van der Waals surface area contributed by atoms with E-state index in [1.54, 1.807) is 4.90 Å². The first-order valence-corrected chi connectivity index (χ1v) is 8.38. The average molecular weight is 348 g/mol. The van der Waals surface area contributed by atoms with E-state index in [1.165, 1.54) is 0 Å². The smallest absolute Gasteiger partial charge is 0.321 e. The number of hydrogen-bond acceptors (Lipinski definition) is 2. The quantitative estimate of drug-likeness (QED) is 0.746. The molecule has 132 valence electrons. The number of para-hydroxylation sites is 1. The van der Waals surface area contributed by atoms with Crippen LogP contribution in [-0.4, -0.2) is 31.7 Å². The number of carbonyl (C=O) groups excluding carboxylic acids is 2. The zero-order valence-electron chi connectivity index (χ0n) is 14.5. The molecule has 6 nitrogen and oxygen atoms in total. The molecular weight excluding hydrogens is 328 g/mol. The maximum Gasteiger partial charge on any atom is 0.321 e. The van der Waals surface area contributed by atoms with Crippen LogP contribution in [0.15, 0.2) is 48.5 Å². The zero-order chi connectivity index (χ0) is 18.4. The van der Waals surface area contributed by atoms with Crippen LogP contribution in [0.1, 0.15) is 11.1 Å². The number of hydrogen-bond donors (Lipinski definition) is 3. The molecule has 1 aliphatic heterocycles. The van der Waals surface area contributed by atoms with Crippen LogP contribution < -0.4 is 20.9 Å². The fourth-order valence-corrected chi connectivity index (χ4v) is 2.59. The number of nitrogens with one attached hydrogen (secondary N) is 3. The Morgan fingerprint density at radius 2 is 1.96 bits per heavy atom. The lowest BCUT2D eigenvalue weighted by atomic mass is 10.2. The topological polar surface area (TPSA) is 73.5 Å². The highest BCUT2D eigenvalue weighted by molar-refractivity contribution is 5.94. The summed E-state index contributed by atoms with van der Waals surface area (Å²) in [6, 6.07) is 14.7. The molecule has 6 heteroatoms. The van der Waals surface area contributed by atoms with Crippen molar-refractivity contribution in [3.63, 3.8) is 0 Å². The molecule has 0 aromatic heterocycles. The second-order valence-corrected chi connectivity index (χ2v) is 5.85. The third kappa shape index (κ3) is 4.33. The summed E-state index contributed by atoms with van der Waals surface area (Å²) in [6.07, 6.45) is 0. The van der Waals surface area contributed by atoms with E-state index >= 15 is 0 Å². The van der Waals surface area contributed by atoms with Crippen LogP contribution in [0.3, 0.4) is 0 Å². The van der Waals surface area contributed by atoms with Crippen LogP contribution in [0.25, 0.3) is 0 Å². The van der Waals surface area contributed by atoms with E-state index in [1.807, 2.05) is 55.5 Å². The predicted molar refractivity (Wildman–Crippen MR) is 102 cm³/mol. The number of urea groups is 2. The minimum Gasteiger partial charge on any atom is -0.336 e. The Morgan fingerprint density at radius 3 is 2.65 bits per heavy atom. The van der Waals surface area contributed by atoms with Crippen LogP contribution in [0, 0.1) is 18.8 Å². The monoisotopic (exact) mass is 348 g/mol. The van der Waals surface area contributed by atoms with Crippen molar-refractivity contribution >= 4 is 23.4 Å². The molecule has 1 saturated heterocycles. The van der Waals surface area contributed by atoms with Crippen LogP contribution >= 0.6 is 0 Å². The van der Waals surface area contributed by atoms with Crippen LogP contribution in [0.2, 0.25) is 0 Å². The van der Waals surface area contributed by atoms with Gasteiger partial charge in [-0.3, -0.25) is 4.90 Å². The van der Waals surface area contributed by atoms with Gasteiger partial charge in [0, 0.05) is 30.0 Å². The van der Waals surface area contributed by atoms with E-state index in [9.17, 15) is 9.59 Å². The third-order valence-corrected chi connectivity index (χ3v) is 4.00. The summed E-state index contributed by atoms with van der Waals surface area (Å²) in [4.78, 5) is 25.2. The Balaban J connectivity index is 1.49. The van der Waals surface area contributed by atoms with Crippen molar-refractivity contribution in [3.8, 4) is 11.8 Å². The van der Waals surface area contributed by atoms with Gasteiger partial charge in [0.25, 0.3) is 0 Å². The first-order chi connectivity index (χ1) is 12.6. The molecule has 0 radical (unpaired) electrons. The standard InChI is InChI=1S/C20H20N4O2/c1-15-5-2-3-7-18(15)23-19(25)21-12-4-6-16-8-10-17(11-9-16)24-14-13-22-20(24)26/h2-3,5,7-11H,12-14H2,1H3,(H,22,26)(H2,21,23,25). The van der Waals surface area contributed by atoms with Crippen molar-refractivity contribution in [2.75, 3.05) is 29.9 Å².